The van der Waals surface area contributed by atoms with Crippen molar-refractivity contribution in [2.45, 2.75) is 6.36 Å². The molecule has 1 aromatic carbocycles. The number of ether oxygens (including phenoxy) is 2. The predicted molar refractivity (Wildman–Crippen MR) is 99.8 cm³/mol. The van der Waals surface area contributed by atoms with Crippen molar-refractivity contribution in [3.63, 3.8) is 0 Å². The van der Waals surface area contributed by atoms with E-state index in [0.29, 0.717) is 36.5 Å². The summed E-state index contributed by atoms with van der Waals surface area (Å²) >= 11 is 1.01. The Hall–Kier alpha value is -2.44. The third-order valence-electron chi connectivity index (χ3n) is 4.11. The van der Waals surface area contributed by atoms with Crippen molar-refractivity contribution in [1.82, 2.24) is 14.8 Å². The molecular formula is C17H19F3N4O4S. The first-order chi connectivity index (χ1) is 13.7. The van der Waals surface area contributed by atoms with Crippen LogP contribution in [0.15, 0.2) is 18.2 Å². The van der Waals surface area contributed by atoms with Crippen LogP contribution in [0.1, 0.15) is 0 Å². The average Bonchev–Trinajstić information content (AvgIpc) is 3.02. The number of hydrogen-bond donors (Lipinski definition) is 1. The molecule has 0 radical (unpaired) electrons. The van der Waals surface area contributed by atoms with Gasteiger partial charge in [-0.3, -0.25) is 14.5 Å². The van der Waals surface area contributed by atoms with Gasteiger partial charge in [0.05, 0.1) is 36.5 Å². The molecule has 0 spiro atoms. The Bertz CT molecular complexity index is 883. The molecule has 0 atom stereocenters. The molecule has 1 aliphatic rings. The quantitative estimate of drug-likeness (QED) is 0.751. The normalized spacial score (nSPS) is 15.3. The number of alkyl halides is 3. The van der Waals surface area contributed by atoms with Crippen molar-refractivity contribution < 1.29 is 32.2 Å². The fourth-order valence-electron chi connectivity index (χ4n) is 2.69. The van der Waals surface area contributed by atoms with E-state index in [2.05, 4.69) is 15.0 Å². The van der Waals surface area contributed by atoms with Gasteiger partial charge in [0, 0.05) is 26.2 Å². The zero-order chi connectivity index (χ0) is 21.0. The van der Waals surface area contributed by atoms with Gasteiger partial charge in [0.25, 0.3) is 0 Å². The molecule has 2 heterocycles. The Morgan fingerprint density at radius 1 is 1.34 bits per heavy atom. The lowest BCUT2D eigenvalue weighted by Gasteiger charge is -2.27. The number of carbonyl (C=O) groups is 2. The van der Waals surface area contributed by atoms with Gasteiger partial charge in [-0.15, -0.1) is 13.2 Å². The van der Waals surface area contributed by atoms with E-state index < -0.39 is 12.3 Å². The molecule has 1 aromatic heterocycles. The lowest BCUT2D eigenvalue weighted by atomic mass is 10.3. The number of nitrogens with one attached hydrogen (secondary N) is 1. The molecule has 0 unspecified atom stereocenters. The van der Waals surface area contributed by atoms with E-state index in [1.54, 1.807) is 0 Å². The van der Waals surface area contributed by atoms with E-state index in [0.717, 1.165) is 17.4 Å². The van der Waals surface area contributed by atoms with Gasteiger partial charge in [-0.25, -0.2) is 4.98 Å². The summed E-state index contributed by atoms with van der Waals surface area (Å²) in [5, 5.41) is 2.79. The minimum absolute atomic E-state index is 0.165. The number of hydrogen-bond acceptors (Lipinski definition) is 7. The summed E-state index contributed by atoms with van der Waals surface area (Å²) in [7, 11) is 1.53. The van der Waals surface area contributed by atoms with Gasteiger partial charge in [0.15, 0.2) is 5.13 Å². The topological polar surface area (TPSA) is 84.0 Å². The van der Waals surface area contributed by atoms with Crippen molar-refractivity contribution in [2.75, 3.05) is 51.8 Å². The minimum Gasteiger partial charge on any atom is -0.406 e. The maximum atomic E-state index is 12.3. The van der Waals surface area contributed by atoms with Crippen LogP contribution in [-0.4, -0.2) is 79.4 Å². The zero-order valence-electron chi connectivity index (χ0n) is 15.5. The monoisotopic (exact) mass is 432 g/mol. The molecule has 0 bridgehead atoms. The van der Waals surface area contributed by atoms with E-state index in [4.69, 9.17) is 4.74 Å². The molecule has 158 valence electrons. The van der Waals surface area contributed by atoms with Crippen molar-refractivity contribution in [2.24, 2.45) is 0 Å². The lowest BCUT2D eigenvalue weighted by Crippen LogP contribution is -2.45. The summed E-state index contributed by atoms with van der Waals surface area (Å²) < 4.78 is 46.5. The van der Waals surface area contributed by atoms with Gasteiger partial charge in [0.2, 0.25) is 11.8 Å². The number of carbonyl (C=O) groups excluding carboxylic acids is 2. The van der Waals surface area contributed by atoms with Crippen LogP contribution in [0.3, 0.4) is 0 Å². The first-order valence-corrected chi connectivity index (χ1v) is 9.51. The highest BCUT2D eigenvalue weighted by atomic mass is 32.1. The largest absolute Gasteiger partial charge is 0.573 e. The Balaban J connectivity index is 1.55. The number of amides is 2. The zero-order valence-corrected chi connectivity index (χ0v) is 16.3. The van der Waals surface area contributed by atoms with Crippen LogP contribution in [0.4, 0.5) is 18.3 Å². The Kier molecular flexibility index (Phi) is 6.55. The fraction of sp³-hybridized carbons (Fsp3) is 0.471. The number of thiazole rings is 1. The first-order valence-electron chi connectivity index (χ1n) is 8.70. The number of nitrogens with zero attached hydrogens (tertiary/aromatic N) is 3. The summed E-state index contributed by atoms with van der Waals surface area (Å²) in [4.78, 5) is 31.9. The molecule has 8 nitrogen and oxygen atoms in total. The highest BCUT2D eigenvalue weighted by Gasteiger charge is 2.31. The fourth-order valence-corrected chi connectivity index (χ4v) is 3.60. The number of morpholine rings is 1. The number of rotatable bonds is 6. The third kappa shape index (κ3) is 6.27. The first kappa shape index (κ1) is 21.3. The summed E-state index contributed by atoms with van der Waals surface area (Å²) in [5.74, 6) is -1.01. The van der Waals surface area contributed by atoms with Crippen molar-refractivity contribution in [1.29, 1.82) is 0 Å². The van der Waals surface area contributed by atoms with Crippen molar-refractivity contribution >= 4 is 38.5 Å². The van der Waals surface area contributed by atoms with Gasteiger partial charge >= 0.3 is 6.36 Å². The van der Waals surface area contributed by atoms with Crippen LogP contribution in [0, 0.1) is 0 Å². The molecule has 3 rings (SSSR count). The standard InChI is InChI=1S/C17H19F3N4O4S/c1-23(15(26)10-24-4-6-27-7-5-24)9-14(25)22-16-21-12-3-2-11(8-13(12)29-16)28-17(18,19)20/h2-3,8H,4-7,9-10H2,1H3,(H,21,22,25). The second kappa shape index (κ2) is 8.93. The second-order valence-electron chi connectivity index (χ2n) is 6.38. The molecular weight excluding hydrogens is 413 g/mol. The van der Waals surface area contributed by atoms with E-state index in [1.807, 2.05) is 4.90 Å². The molecule has 1 aliphatic heterocycles. The molecule has 1 fully saturated rings. The lowest BCUT2D eigenvalue weighted by molar-refractivity contribution is -0.274. The number of benzene rings is 1. The average molecular weight is 432 g/mol. The second-order valence-corrected chi connectivity index (χ2v) is 7.41. The predicted octanol–water partition coefficient (Wildman–Crippen LogP) is 1.92. The van der Waals surface area contributed by atoms with E-state index in [9.17, 15) is 22.8 Å². The summed E-state index contributed by atoms with van der Waals surface area (Å²) in [6.45, 7) is 2.52. The number of halogens is 3. The molecule has 0 aliphatic carbocycles. The highest BCUT2D eigenvalue weighted by molar-refractivity contribution is 7.22. The smallest absolute Gasteiger partial charge is 0.406 e. The van der Waals surface area contributed by atoms with Crippen molar-refractivity contribution in [3.8, 4) is 5.75 Å². The number of aromatic nitrogens is 1. The molecule has 1 saturated heterocycles. The van der Waals surface area contributed by atoms with Gasteiger partial charge < -0.3 is 19.7 Å². The molecule has 2 aromatic rings. The minimum atomic E-state index is -4.78. The van der Waals surface area contributed by atoms with Crippen LogP contribution < -0.4 is 10.1 Å². The van der Waals surface area contributed by atoms with Crippen LogP contribution >= 0.6 is 11.3 Å². The number of anilines is 1. The van der Waals surface area contributed by atoms with Gasteiger partial charge in [-0.05, 0) is 12.1 Å². The van der Waals surface area contributed by atoms with E-state index >= 15 is 0 Å². The Morgan fingerprint density at radius 2 is 2.07 bits per heavy atom. The maximum absolute atomic E-state index is 12.3. The van der Waals surface area contributed by atoms with Gasteiger partial charge in [-0.2, -0.15) is 0 Å². The Morgan fingerprint density at radius 3 is 2.76 bits per heavy atom. The van der Waals surface area contributed by atoms with Crippen molar-refractivity contribution in [3.05, 3.63) is 18.2 Å². The summed E-state index contributed by atoms with van der Waals surface area (Å²) in [5.41, 5.74) is 0.427. The van der Waals surface area contributed by atoms with Crippen LogP contribution in [0.5, 0.6) is 5.75 Å². The number of likely N-dealkylation sites (N-methyl/N-ethyl adjacent to an activating group) is 1. The summed E-state index contributed by atoms with van der Waals surface area (Å²) in [6.07, 6.45) is -4.78. The molecule has 29 heavy (non-hydrogen) atoms. The van der Waals surface area contributed by atoms with E-state index in [-0.39, 0.29) is 29.9 Å². The molecule has 12 heteroatoms. The van der Waals surface area contributed by atoms with Crippen LogP contribution in [0.25, 0.3) is 10.2 Å². The van der Waals surface area contributed by atoms with Crippen LogP contribution in [-0.2, 0) is 14.3 Å². The third-order valence-corrected chi connectivity index (χ3v) is 5.04. The maximum Gasteiger partial charge on any atom is 0.573 e. The highest BCUT2D eigenvalue weighted by Crippen LogP contribution is 2.31. The SMILES string of the molecule is CN(CC(=O)Nc1nc2ccc(OC(F)(F)F)cc2s1)C(=O)CN1CCOCC1. The summed E-state index contributed by atoms with van der Waals surface area (Å²) in [6, 6.07) is 3.73. The molecule has 1 N–H and O–H groups in total. The Labute approximate surface area is 168 Å². The van der Waals surface area contributed by atoms with E-state index in [1.165, 1.54) is 24.1 Å². The molecule has 2 amide bonds. The van der Waals surface area contributed by atoms with Gasteiger partial charge in [-0.1, -0.05) is 11.3 Å². The van der Waals surface area contributed by atoms with Crippen LogP contribution in [0.2, 0.25) is 0 Å². The van der Waals surface area contributed by atoms with Gasteiger partial charge in [0.1, 0.15) is 5.75 Å². The molecule has 0 saturated carbocycles. The number of fused-ring (bicyclic) bond motifs is 1.